The summed E-state index contributed by atoms with van der Waals surface area (Å²) in [5.74, 6) is 0.893. The molecular formula is C24H28F3N7O2. The highest BCUT2D eigenvalue weighted by molar-refractivity contribution is 5.89. The first kappa shape index (κ1) is 23.4. The maximum absolute atomic E-state index is 13.3. The van der Waals surface area contributed by atoms with Crippen molar-refractivity contribution in [1.29, 1.82) is 0 Å². The number of hydrogen-bond acceptors (Lipinski definition) is 8. The zero-order chi connectivity index (χ0) is 25.1. The van der Waals surface area contributed by atoms with Crippen LogP contribution in [-0.4, -0.2) is 85.3 Å². The van der Waals surface area contributed by atoms with Crippen LogP contribution in [0.25, 0.3) is 16.7 Å². The van der Waals surface area contributed by atoms with Crippen LogP contribution >= 0.6 is 0 Å². The fourth-order valence-corrected chi connectivity index (χ4v) is 5.36. The maximum Gasteiger partial charge on any atom is 0.416 e. The minimum atomic E-state index is -4.48. The van der Waals surface area contributed by atoms with Gasteiger partial charge in [0.2, 0.25) is 5.95 Å². The van der Waals surface area contributed by atoms with Gasteiger partial charge >= 0.3 is 6.18 Å². The van der Waals surface area contributed by atoms with E-state index >= 15 is 0 Å². The molecule has 1 aromatic carbocycles. The summed E-state index contributed by atoms with van der Waals surface area (Å²) < 4.78 is 41.4. The van der Waals surface area contributed by atoms with E-state index in [9.17, 15) is 23.4 Å². The normalized spacial score (nSPS) is 24.1. The van der Waals surface area contributed by atoms with Crippen LogP contribution in [0.3, 0.4) is 0 Å². The van der Waals surface area contributed by atoms with Crippen LogP contribution in [0.4, 0.5) is 24.9 Å². The second-order valence-corrected chi connectivity index (χ2v) is 10.2. The Morgan fingerprint density at radius 1 is 1.11 bits per heavy atom. The molecule has 0 unspecified atom stereocenters. The first-order chi connectivity index (χ1) is 17.2. The molecule has 0 spiro atoms. The van der Waals surface area contributed by atoms with Crippen LogP contribution in [0.1, 0.15) is 31.2 Å². The number of anilines is 2. The lowest BCUT2D eigenvalue weighted by molar-refractivity contribution is -0.137. The Kier molecular flexibility index (Phi) is 5.58. The molecular weight excluding hydrogens is 475 g/mol. The molecule has 0 amide bonds. The number of hydrogen-bond donors (Lipinski definition) is 3. The van der Waals surface area contributed by atoms with Gasteiger partial charge in [0.1, 0.15) is 11.4 Å². The van der Waals surface area contributed by atoms with E-state index in [1.807, 2.05) is 4.90 Å². The molecule has 3 N–H and O–H groups in total. The van der Waals surface area contributed by atoms with Gasteiger partial charge in [0.25, 0.3) is 0 Å². The number of aliphatic hydroxyl groups excluding tert-OH is 1. The Morgan fingerprint density at radius 2 is 1.86 bits per heavy atom. The quantitative estimate of drug-likeness (QED) is 0.472. The average molecular weight is 504 g/mol. The number of aromatic nitrogens is 4. The number of alkyl halides is 3. The van der Waals surface area contributed by atoms with E-state index in [-0.39, 0.29) is 17.8 Å². The van der Waals surface area contributed by atoms with E-state index in [0.29, 0.717) is 55.3 Å². The number of benzene rings is 1. The van der Waals surface area contributed by atoms with Crippen LogP contribution in [0.2, 0.25) is 0 Å². The number of likely N-dealkylation sites (tertiary alicyclic amines) is 1. The third-order valence-corrected chi connectivity index (χ3v) is 7.26. The summed E-state index contributed by atoms with van der Waals surface area (Å²) >= 11 is 0. The third-order valence-electron chi connectivity index (χ3n) is 7.26. The highest BCUT2D eigenvalue weighted by Gasteiger charge is 2.44. The summed E-state index contributed by atoms with van der Waals surface area (Å²) in [6, 6.07) is 4.97. The van der Waals surface area contributed by atoms with Gasteiger partial charge in [-0.15, -0.1) is 0 Å². The largest absolute Gasteiger partial charge is 0.416 e. The van der Waals surface area contributed by atoms with Gasteiger partial charge in [-0.2, -0.15) is 28.2 Å². The molecule has 0 bridgehead atoms. The molecule has 3 aromatic rings. The van der Waals surface area contributed by atoms with E-state index in [1.54, 1.807) is 12.3 Å². The first-order valence-corrected chi connectivity index (χ1v) is 12.2. The second kappa shape index (κ2) is 8.56. The highest BCUT2D eigenvalue weighted by Crippen LogP contribution is 2.36. The summed E-state index contributed by atoms with van der Waals surface area (Å²) in [6.07, 6.45) is 0.148. The van der Waals surface area contributed by atoms with Crippen molar-refractivity contribution in [2.75, 3.05) is 42.9 Å². The molecule has 1 saturated carbocycles. The predicted molar refractivity (Wildman–Crippen MR) is 127 cm³/mol. The van der Waals surface area contributed by atoms with Crippen LogP contribution < -0.4 is 10.2 Å². The Hall–Kier alpha value is -2.96. The van der Waals surface area contributed by atoms with Crippen LogP contribution in [0, 0.1) is 0 Å². The van der Waals surface area contributed by atoms with E-state index in [4.69, 9.17) is 4.98 Å². The van der Waals surface area contributed by atoms with Crippen LogP contribution in [-0.2, 0) is 6.18 Å². The number of β-amino-alcohol motifs (C(OH)–C–C–N with tert-alkyl or cyclic N) is 1. The third kappa shape index (κ3) is 4.37. The number of halogens is 3. The van der Waals surface area contributed by atoms with E-state index in [1.165, 1.54) is 10.7 Å². The van der Waals surface area contributed by atoms with Gasteiger partial charge in [0, 0.05) is 12.6 Å². The molecule has 12 heteroatoms. The molecule has 6 rings (SSSR count). The van der Waals surface area contributed by atoms with E-state index < -0.39 is 17.3 Å². The molecule has 3 fully saturated rings. The second-order valence-electron chi connectivity index (χ2n) is 10.2. The molecule has 0 atom stereocenters. The summed E-state index contributed by atoms with van der Waals surface area (Å²) in [5, 5.41) is 28.9. The Bertz CT molecular complexity index is 1260. The van der Waals surface area contributed by atoms with E-state index in [2.05, 4.69) is 20.3 Å². The summed E-state index contributed by atoms with van der Waals surface area (Å²) in [6.45, 7) is 3.38. The number of nitrogens with zero attached hydrogens (tertiary/aromatic N) is 6. The molecule has 2 aromatic heterocycles. The first-order valence-electron chi connectivity index (χ1n) is 12.2. The molecule has 4 heterocycles. The number of aliphatic hydroxyl groups is 2. The number of nitrogens with one attached hydrogen (secondary N) is 1. The fourth-order valence-electron chi connectivity index (χ4n) is 5.36. The molecule has 2 aliphatic heterocycles. The molecule has 36 heavy (non-hydrogen) atoms. The summed E-state index contributed by atoms with van der Waals surface area (Å²) in [7, 11) is 0. The Balaban J connectivity index is 1.34. The van der Waals surface area contributed by atoms with Crippen molar-refractivity contribution in [3.05, 3.63) is 36.0 Å². The van der Waals surface area contributed by atoms with Gasteiger partial charge in [-0.1, -0.05) is 6.07 Å². The van der Waals surface area contributed by atoms with Crippen molar-refractivity contribution < 1.29 is 23.4 Å². The summed E-state index contributed by atoms with van der Waals surface area (Å²) in [5.41, 5.74) is -1.00. The van der Waals surface area contributed by atoms with Crippen molar-refractivity contribution in [3.63, 3.8) is 0 Å². The van der Waals surface area contributed by atoms with Crippen molar-refractivity contribution in [1.82, 2.24) is 24.6 Å². The average Bonchev–Trinajstić information content (AvgIpc) is 3.45. The lowest BCUT2D eigenvalue weighted by Crippen LogP contribution is -2.66. The zero-order valence-electron chi connectivity index (χ0n) is 19.6. The molecule has 9 nitrogen and oxygen atoms in total. The molecule has 3 aliphatic rings. The number of rotatable bonds is 6. The summed E-state index contributed by atoms with van der Waals surface area (Å²) in [4.78, 5) is 13.5. The smallest absolute Gasteiger partial charge is 0.393 e. The topological polar surface area (TPSA) is 103 Å². The fraction of sp³-hybridized carbons (Fsp3) is 0.542. The van der Waals surface area contributed by atoms with Gasteiger partial charge in [-0.05, 0) is 57.0 Å². The zero-order valence-corrected chi connectivity index (χ0v) is 19.6. The molecule has 0 radical (unpaired) electrons. The predicted octanol–water partition coefficient (Wildman–Crippen LogP) is 2.42. The maximum atomic E-state index is 13.3. The lowest BCUT2D eigenvalue weighted by atomic mass is 9.90. The van der Waals surface area contributed by atoms with Crippen LogP contribution in [0.15, 0.2) is 30.5 Å². The monoisotopic (exact) mass is 503 g/mol. The van der Waals surface area contributed by atoms with Gasteiger partial charge in [-0.25, -0.2) is 4.68 Å². The number of fused-ring (bicyclic) bond motifs is 1. The molecule has 192 valence electrons. The van der Waals surface area contributed by atoms with Crippen molar-refractivity contribution in [3.8, 4) is 5.69 Å². The van der Waals surface area contributed by atoms with Gasteiger partial charge < -0.3 is 25.3 Å². The van der Waals surface area contributed by atoms with Crippen molar-refractivity contribution >= 4 is 22.8 Å². The van der Waals surface area contributed by atoms with Gasteiger partial charge in [0.15, 0.2) is 5.65 Å². The van der Waals surface area contributed by atoms with Crippen molar-refractivity contribution in [2.24, 2.45) is 0 Å². The Labute approximate surface area is 205 Å². The highest BCUT2D eigenvalue weighted by atomic mass is 19.4. The van der Waals surface area contributed by atoms with Gasteiger partial charge in [-0.3, -0.25) is 0 Å². The van der Waals surface area contributed by atoms with Crippen molar-refractivity contribution in [2.45, 2.75) is 49.6 Å². The minimum absolute atomic E-state index is 0.0127. The molecule has 1 aliphatic carbocycles. The SMILES string of the molecule is OC1CC(Nc2nc(N3CC(O)(CN4CCCC4)C3)c3cnn(-c4cccc(C(F)(F)F)c4)c3n2)C1. The van der Waals surface area contributed by atoms with E-state index in [0.717, 1.165) is 38.1 Å². The molecule has 2 saturated heterocycles. The minimum Gasteiger partial charge on any atom is -0.393 e. The van der Waals surface area contributed by atoms with Crippen LogP contribution in [0.5, 0.6) is 0 Å². The van der Waals surface area contributed by atoms with Gasteiger partial charge in [0.05, 0.1) is 42.0 Å². The lowest BCUT2D eigenvalue weighted by Gasteiger charge is -2.48. The standard InChI is InChI=1S/C24H28F3N7O2/c25-24(26,27)15-4-3-5-17(8-15)34-21-19(11-28-34)20(30-22(31-21)29-16-9-18(35)10-16)33-13-23(36,14-33)12-32-6-1-2-7-32/h3-5,8,11,16,18,35-36H,1-2,6-7,9-10,12-14H2,(H,29,30,31). The Morgan fingerprint density at radius 3 is 2.56 bits per heavy atom.